The maximum Gasteiger partial charge on any atom is 0.269 e. The minimum Gasteiger partial charge on any atom is -0.508 e. The lowest BCUT2D eigenvalue weighted by molar-refractivity contribution is 0.0944. The topological polar surface area (TPSA) is 65.1 Å². The van der Waals surface area contributed by atoms with Crippen LogP contribution in [0.3, 0.4) is 0 Å². The molecule has 3 rings (SSSR count). The number of aromatic hydroxyl groups is 1. The number of phenolic OH excluding ortho intramolecular Hbond substituents is 1. The predicted molar refractivity (Wildman–Crippen MR) is 89.8 cm³/mol. The first-order valence-electron chi connectivity index (χ1n) is 6.61. The van der Waals surface area contributed by atoms with E-state index in [0.717, 1.165) is 16.5 Å². The Labute approximate surface area is 137 Å². The number of carbonyl (C=O) groups excluding carboxylic acids is 1. The van der Waals surface area contributed by atoms with Crippen LogP contribution in [0, 0.1) is 0 Å². The van der Waals surface area contributed by atoms with E-state index in [4.69, 9.17) is 11.6 Å². The third-order valence-corrected chi connectivity index (χ3v) is 4.02. The van der Waals surface area contributed by atoms with Crippen LogP contribution in [0.2, 0.25) is 5.02 Å². The van der Waals surface area contributed by atoms with Crippen molar-refractivity contribution in [1.82, 2.24) is 10.3 Å². The van der Waals surface area contributed by atoms with Crippen molar-refractivity contribution in [2.45, 2.75) is 11.4 Å². The van der Waals surface area contributed by atoms with E-state index in [1.54, 1.807) is 30.3 Å². The number of aromatic nitrogens is 1. The second kappa shape index (κ2) is 5.94. The number of hydrogen-bond acceptors (Lipinski definition) is 3. The van der Waals surface area contributed by atoms with Crippen molar-refractivity contribution in [3.63, 3.8) is 0 Å². The molecule has 22 heavy (non-hydrogen) atoms. The standard InChI is InChI=1S/C16H13ClN2O2S/c17-10-4-5-13-12(7-10)15(22)14(19-13)16(21)18-8-9-2-1-3-11(20)6-9/h1-7,19-20,22H,8H2,(H,18,21). The monoisotopic (exact) mass is 332 g/mol. The molecule has 0 saturated carbocycles. The summed E-state index contributed by atoms with van der Waals surface area (Å²) in [5, 5.41) is 13.6. The molecule has 0 aliphatic rings. The molecule has 1 aromatic heterocycles. The molecule has 0 aliphatic heterocycles. The number of rotatable bonds is 3. The Morgan fingerprint density at radius 1 is 1.27 bits per heavy atom. The minimum atomic E-state index is -0.263. The molecule has 3 aromatic rings. The average Bonchev–Trinajstić information content (AvgIpc) is 2.82. The zero-order valence-corrected chi connectivity index (χ0v) is 13.1. The predicted octanol–water partition coefficient (Wildman–Crippen LogP) is 3.75. The number of hydrogen-bond donors (Lipinski definition) is 4. The Bertz CT molecular complexity index is 860. The van der Waals surface area contributed by atoms with Crippen molar-refractivity contribution in [1.29, 1.82) is 0 Å². The van der Waals surface area contributed by atoms with E-state index >= 15 is 0 Å². The number of phenols is 1. The molecule has 0 bridgehead atoms. The fourth-order valence-corrected chi connectivity index (χ4v) is 2.77. The van der Waals surface area contributed by atoms with Crippen LogP contribution >= 0.6 is 24.2 Å². The summed E-state index contributed by atoms with van der Waals surface area (Å²) in [6.45, 7) is 0.316. The van der Waals surface area contributed by atoms with E-state index in [1.165, 1.54) is 0 Å². The summed E-state index contributed by atoms with van der Waals surface area (Å²) >= 11 is 10.4. The van der Waals surface area contributed by atoms with E-state index in [0.29, 0.717) is 22.2 Å². The Balaban J connectivity index is 1.82. The number of carbonyl (C=O) groups is 1. The average molecular weight is 333 g/mol. The molecule has 2 aromatic carbocycles. The second-order valence-electron chi connectivity index (χ2n) is 4.89. The molecule has 0 atom stereocenters. The van der Waals surface area contributed by atoms with Gasteiger partial charge in [-0.2, -0.15) is 0 Å². The smallest absolute Gasteiger partial charge is 0.269 e. The first-order chi connectivity index (χ1) is 10.5. The van der Waals surface area contributed by atoms with Gasteiger partial charge in [0.2, 0.25) is 0 Å². The SMILES string of the molecule is O=C(NCc1cccc(O)c1)c1[nH]c2ccc(Cl)cc2c1S. The number of H-pyrrole nitrogens is 1. The highest BCUT2D eigenvalue weighted by Crippen LogP contribution is 2.28. The third-order valence-electron chi connectivity index (χ3n) is 3.32. The Morgan fingerprint density at radius 3 is 2.86 bits per heavy atom. The molecule has 6 heteroatoms. The summed E-state index contributed by atoms with van der Waals surface area (Å²) in [6, 6.07) is 12.1. The Kier molecular flexibility index (Phi) is 4.00. The highest BCUT2D eigenvalue weighted by Gasteiger charge is 2.15. The lowest BCUT2D eigenvalue weighted by Crippen LogP contribution is -2.23. The van der Waals surface area contributed by atoms with Crippen LogP contribution in [-0.4, -0.2) is 16.0 Å². The van der Waals surface area contributed by atoms with Gasteiger partial charge in [-0.05, 0) is 35.9 Å². The second-order valence-corrected chi connectivity index (χ2v) is 5.77. The van der Waals surface area contributed by atoms with Crippen LogP contribution in [0.1, 0.15) is 16.1 Å². The molecule has 0 spiro atoms. The van der Waals surface area contributed by atoms with E-state index in [9.17, 15) is 9.90 Å². The highest BCUT2D eigenvalue weighted by molar-refractivity contribution is 7.80. The van der Waals surface area contributed by atoms with E-state index in [-0.39, 0.29) is 11.7 Å². The number of nitrogens with one attached hydrogen (secondary N) is 2. The summed E-state index contributed by atoms with van der Waals surface area (Å²) in [6.07, 6.45) is 0. The molecule has 1 heterocycles. The molecule has 0 saturated heterocycles. The summed E-state index contributed by atoms with van der Waals surface area (Å²) in [5.74, 6) is -0.0949. The maximum absolute atomic E-state index is 12.3. The van der Waals surface area contributed by atoms with Gasteiger partial charge in [0, 0.05) is 27.4 Å². The van der Waals surface area contributed by atoms with Crippen molar-refractivity contribution in [3.05, 3.63) is 58.7 Å². The van der Waals surface area contributed by atoms with Crippen LogP contribution in [0.25, 0.3) is 10.9 Å². The number of fused-ring (bicyclic) bond motifs is 1. The van der Waals surface area contributed by atoms with Gasteiger partial charge < -0.3 is 15.4 Å². The van der Waals surface area contributed by atoms with Gasteiger partial charge in [-0.15, -0.1) is 12.6 Å². The number of aromatic amines is 1. The third kappa shape index (κ3) is 2.91. The van der Waals surface area contributed by atoms with Crippen LogP contribution < -0.4 is 5.32 Å². The molecule has 112 valence electrons. The normalized spacial score (nSPS) is 10.8. The Morgan fingerprint density at radius 2 is 2.09 bits per heavy atom. The number of benzene rings is 2. The highest BCUT2D eigenvalue weighted by atomic mass is 35.5. The van der Waals surface area contributed by atoms with Gasteiger partial charge in [0.15, 0.2) is 0 Å². The lowest BCUT2D eigenvalue weighted by Gasteiger charge is -2.05. The summed E-state index contributed by atoms with van der Waals surface area (Å²) in [4.78, 5) is 15.9. The number of thiol groups is 1. The number of halogens is 1. The van der Waals surface area contributed by atoms with Crippen molar-refractivity contribution in [2.75, 3.05) is 0 Å². The molecule has 0 aliphatic carbocycles. The van der Waals surface area contributed by atoms with Gasteiger partial charge in [-0.25, -0.2) is 0 Å². The Hall–Kier alpha value is -2.11. The molecule has 0 radical (unpaired) electrons. The van der Waals surface area contributed by atoms with Crippen LogP contribution in [-0.2, 0) is 6.54 Å². The van der Waals surface area contributed by atoms with E-state index < -0.39 is 0 Å². The quantitative estimate of drug-likeness (QED) is 0.552. The summed E-state index contributed by atoms with van der Waals surface area (Å²) in [7, 11) is 0. The zero-order valence-electron chi connectivity index (χ0n) is 11.4. The van der Waals surface area contributed by atoms with Gasteiger partial charge >= 0.3 is 0 Å². The molecule has 1 amide bonds. The van der Waals surface area contributed by atoms with Crippen LogP contribution in [0.5, 0.6) is 5.75 Å². The van der Waals surface area contributed by atoms with E-state index in [2.05, 4.69) is 22.9 Å². The van der Waals surface area contributed by atoms with Gasteiger partial charge in [0.25, 0.3) is 5.91 Å². The summed E-state index contributed by atoms with van der Waals surface area (Å²) < 4.78 is 0. The first-order valence-corrected chi connectivity index (χ1v) is 7.43. The van der Waals surface area contributed by atoms with Gasteiger partial charge in [0.05, 0.1) is 0 Å². The number of amides is 1. The zero-order chi connectivity index (χ0) is 15.7. The van der Waals surface area contributed by atoms with Crippen molar-refractivity contribution in [3.8, 4) is 5.75 Å². The van der Waals surface area contributed by atoms with Gasteiger partial charge in [0.1, 0.15) is 11.4 Å². The van der Waals surface area contributed by atoms with E-state index in [1.807, 2.05) is 12.1 Å². The molecule has 3 N–H and O–H groups in total. The maximum atomic E-state index is 12.3. The fourth-order valence-electron chi connectivity index (χ4n) is 2.25. The molecule has 0 fully saturated rings. The molecular weight excluding hydrogens is 320 g/mol. The molecule has 0 unspecified atom stereocenters. The minimum absolute atomic E-state index is 0.168. The first kappa shape index (κ1) is 14.8. The largest absolute Gasteiger partial charge is 0.508 e. The lowest BCUT2D eigenvalue weighted by atomic mass is 10.2. The van der Waals surface area contributed by atoms with Gasteiger partial charge in [-0.3, -0.25) is 4.79 Å². The molecular formula is C16H13ClN2O2S. The fraction of sp³-hybridized carbons (Fsp3) is 0.0625. The van der Waals surface area contributed by atoms with Crippen molar-refractivity contribution >= 4 is 41.0 Å². The van der Waals surface area contributed by atoms with Gasteiger partial charge in [-0.1, -0.05) is 23.7 Å². The summed E-state index contributed by atoms with van der Waals surface area (Å²) in [5.41, 5.74) is 2.01. The molecule has 4 nitrogen and oxygen atoms in total. The van der Waals surface area contributed by atoms with Crippen LogP contribution in [0.15, 0.2) is 47.4 Å². The van der Waals surface area contributed by atoms with Crippen molar-refractivity contribution < 1.29 is 9.90 Å². The van der Waals surface area contributed by atoms with Crippen molar-refractivity contribution in [2.24, 2.45) is 0 Å². The van der Waals surface area contributed by atoms with Crippen LogP contribution in [0.4, 0.5) is 0 Å².